The third-order valence-electron chi connectivity index (χ3n) is 1.90. The lowest BCUT2D eigenvalue weighted by Gasteiger charge is -2.15. The van der Waals surface area contributed by atoms with Crippen LogP contribution in [0.5, 0.6) is 0 Å². The van der Waals surface area contributed by atoms with Gasteiger partial charge in [0.1, 0.15) is 0 Å². The highest BCUT2D eigenvalue weighted by atomic mass is 15.1. The second kappa shape index (κ2) is 5.28. The smallest absolute Gasteiger partial charge is 0.0868 e. The van der Waals surface area contributed by atoms with Crippen LogP contribution in [0.4, 0.5) is 0 Å². The summed E-state index contributed by atoms with van der Waals surface area (Å²) in [5.74, 6) is 0. The summed E-state index contributed by atoms with van der Waals surface area (Å²) in [7, 11) is 0. The normalized spacial score (nSPS) is 9.92. The SMILES string of the molecule is CCN(CC#N)Cc1ccncc1. The first-order chi connectivity index (χ1) is 6.36. The molecule has 68 valence electrons. The van der Waals surface area contributed by atoms with E-state index in [1.807, 2.05) is 12.1 Å². The maximum absolute atomic E-state index is 8.54. The number of nitriles is 1. The standard InChI is InChI=1S/C10H13N3/c1-2-13(8-5-11)9-10-3-6-12-7-4-10/h3-4,6-7H,2,8-9H2,1H3. The van der Waals surface area contributed by atoms with Crippen LogP contribution in [0.1, 0.15) is 12.5 Å². The van der Waals surface area contributed by atoms with Gasteiger partial charge in [0, 0.05) is 18.9 Å². The Kier molecular flexibility index (Phi) is 3.94. The number of hydrogen-bond donors (Lipinski definition) is 0. The molecule has 0 radical (unpaired) electrons. The fraction of sp³-hybridized carbons (Fsp3) is 0.400. The van der Waals surface area contributed by atoms with Crippen molar-refractivity contribution in [2.75, 3.05) is 13.1 Å². The topological polar surface area (TPSA) is 39.9 Å². The van der Waals surface area contributed by atoms with Gasteiger partial charge in [-0.2, -0.15) is 5.26 Å². The van der Waals surface area contributed by atoms with E-state index in [-0.39, 0.29) is 0 Å². The Morgan fingerprint density at radius 3 is 2.69 bits per heavy atom. The van der Waals surface area contributed by atoms with Gasteiger partial charge in [-0.25, -0.2) is 0 Å². The van der Waals surface area contributed by atoms with E-state index >= 15 is 0 Å². The lowest BCUT2D eigenvalue weighted by atomic mass is 10.2. The van der Waals surface area contributed by atoms with E-state index in [2.05, 4.69) is 22.9 Å². The summed E-state index contributed by atoms with van der Waals surface area (Å²) >= 11 is 0. The number of pyridine rings is 1. The summed E-state index contributed by atoms with van der Waals surface area (Å²) in [6.07, 6.45) is 3.55. The molecule has 0 unspecified atom stereocenters. The summed E-state index contributed by atoms with van der Waals surface area (Å²) in [4.78, 5) is 6.02. The Morgan fingerprint density at radius 1 is 1.46 bits per heavy atom. The molecule has 0 N–H and O–H groups in total. The molecule has 0 bridgehead atoms. The summed E-state index contributed by atoms with van der Waals surface area (Å²) in [5.41, 5.74) is 1.20. The van der Waals surface area contributed by atoms with E-state index in [1.165, 1.54) is 5.56 Å². The quantitative estimate of drug-likeness (QED) is 0.650. The molecule has 0 fully saturated rings. The second-order valence-corrected chi connectivity index (χ2v) is 2.82. The first-order valence-corrected chi connectivity index (χ1v) is 4.35. The Balaban J connectivity index is 2.53. The van der Waals surface area contributed by atoms with Crippen molar-refractivity contribution in [2.45, 2.75) is 13.5 Å². The molecule has 0 atom stereocenters. The van der Waals surface area contributed by atoms with E-state index < -0.39 is 0 Å². The zero-order valence-corrected chi connectivity index (χ0v) is 7.77. The predicted molar refractivity (Wildman–Crippen MR) is 50.8 cm³/mol. The summed E-state index contributed by atoms with van der Waals surface area (Å²) in [6, 6.07) is 6.09. The minimum absolute atomic E-state index is 0.485. The van der Waals surface area contributed by atoms with E-state index in [9.17, 15) is 0 Å². The Hall–Kier alpha value is -1.40. The maximum atomic E-state index is 8.54. The highest BCUT2D eigenvalue weighted by Gasteiger charge is 2.01. The molecule has 3 heteroatoms. The molecule has 0 amide bonds. The number of hydrogen-bond acceptors (Lipinski definition) is 3. The molecule has 0 aliphatic heterocycles. The Morgan fingerprint density at radius 2 is 2.15 bits per heavy atom. The van der Waals surface area contributed by atoms with Crippen LogP contribution in [0.15, 0.2) is 24.5 Å². The minimum atomic E-state index is 0.485. The van der Waals surface area contributed by atoms with Gasteiger partial charge < -0.3 is 0 Å². The largest absolute Gasteiger partial charge is 0.287 e. The molecule has 1 rings (SSSR count). The van der Waals surface area contributed by atoms with Gasteiger partial charge in [0.2, 0.25) is 0 Å². The third kappa shape index (κ3) is 3.22. The van der Waals surface area contributed by atoms with Crippen LogP contribution >= 0.6 is 0 Å². The van der Waals surface area contributed by atoms with Gasteiger partial charge in [0.15, 0.2) is 0 Å². The number of aromatic nitrogens is 1. The molecule has 13 heavy (non-hydrogen) atoms. The lowest BCUT2D eigenvalue weighted by molar-refractivity contribution is 0.314. The van der Waals surface area contributed by atoms with Crippen LogP contribution in [0.2, 0.25) is 0 Å². The van der Waals surface area contributed by atoms with Gasteiger partial charge in [-0.05, 0) is 24.2 Å². The molecular weight excluding hydrogens is 162 g/mol. The van der Waals surface area contributed by atoms with Crippen LogP contribution in [-0.4, -0.2) is 23.0 Å². The molecule has 0 spiro atoms. The fourth-order valence-electron chi connectivity index (χ4n) is 1.13. The second-order valence-electron chi connectivity index (χ2n) is 2.82. The van der Waals surface area contributed by atoms with Gasteiger partial charge >= 0.3 is 0 Å². The molecule has 3 nitrogen and oxygen atoms in total. The van der Waals surface area contributed by atoms with Crippen molar-refractivity contribution in [1.29, 1.82) is 5.26 Å². The zero-order chi connectivity index (χ0) is 9.52. The van der Waals surface area contributed by atoms with Gasteiger partial charge in [0.05, 0.1) is 12.6 Å². The third-order valence-corrected chi connectivity index (χ3v) is 1.90. The van der Waals surface area contributed by atoms with Crippen LogP contribution < -0.4 is 0 Å². The van der Waals surface area contributed by atoms with E-state index in [0.717, 1.165) is 13.1 Å². The minimum Gasteiger partial charge on any atom is -0.287 e. The molecule has 0 aliphatic rings. The number of nitrogens with zero attached hydrogens (tertiary/aromatic N) is 3. The molecule has 1 aromatic rings. The van der Waals surface area contributed by atoms with Gasteiger partial charge in [-0.15, -0.1) is 0 Å². The van der Waals surface area contributed by atoms with Crippen LogP contribution in [0, 0.1) is 11.3 Å². The van der Waals surface area contributed by atoms with E-state index in [0.29, 0.717) is 6.54 Å². The first kappa shape index (κ1) is 9.69. The monoisotopic (exact) mass is 175 g/mol. The van der Waals surface area contributed by atoms with E-state index in [1.54, 1.807) is 12.4 Å². The molecule has 0 aliphatic carbocycles. The van der Waals surface area contributed by atoms with Crippen molar-refractivity contribution in [2.24, 2.45) is 0 Å². The summed E-state index contributed by atoms with van der Waals surface area (Å²) < 4.78 is 0. The van der Waals surface area contributed by atoms with Crippen molar-refractivity contribution in [3.8, 4) is 6.07 Å². The van der Waals surface area contributed by atoms with Crippen LogP contribution in [0.25, 0.3) is 0 Å². The van der Waals surface area contributed by atoms with E-state index in [4.69, 9.17) is 5.26 Å². The van der Waals surface area contributed by atoms with Crippen LogP contribution in [-0.2, 0) is 6.54 Å². The lowest BCUT2D eigenvalue weighted by Crippen LogP contribution is -2.22. The highest BCUT2D eigenvalue weighted by Crippen LogP contribution is 2.01. The molecule has 1 heterocycles. The molecule has 1 aromatic heterocycles. The number of rotatable bonds is 4. The van der Waals surface area contributed by atoms with Crippen molar-refractivity contribution >= 4 is 0 Å². The first-order valence-electron chi connectivity index (χ1n) is 4.35. The molecule has 0 saturated heterocycles. The summed E-state index contributed by atoms with van der Waals surface area (Å²) in [6.45, 7) is 4.26. The fourth-order valence-corrected chi connectivity index (χ4v) is 1.13. The zero-order valence-electron chi connectivity index (χ0n) is 7.77. The highest BCUT2D eigenvalue weighted by molar-refractivity contribution is 5.09. The maximum Gasteiger partial charge on any atom is 0.0868 e. The van der Waals surface area contributed by atoms with Crippen molar-refractivity contribution in [1.82, 2.24) is 9.88 Å². The van der Waals surface area contributed by atoms with Crippen molar-refractivity contribution in [3.05, 3.63) is 30.1 Å². The summed E-state index contributed by atoms with van der Waals surface area (Å²) in [5, 5.41) is 8.54. The van der Waals surface area contributed by atoms with Crippen molar-refractivity contribution in [3.63, 3.8) is 0 Å². The molecule has 0 aromatic carbocycles. The molecular formula is C10H13N3. The Bertz CT molecular complexity index is 276. The average molecular weight is 175 g/mol. The van der Waals surface area contributed by atoms with Gasteiger partial charge in [-0.1, -0.05) is 6.92 Å². The average Bonchev–Trinajstić information content (AvgIpc) is 2.19. The van der Waals surface area contributed by atoms with Crippen LogP contribution in [0.3, 0.4) is 0 Å². The van der Waals surface area contributed by atoms with Crippen molar-refractivity contribution < 1.29 is 0 Å². The van der Waals surface area contributed by atoms with Gasteiger partial charge in [-0.3, -0.25) is 9.88 Å². The predicted octanol–water partition coefficient (Wildman–Crippen LogP) is 1.43. The van der Waals surface area contributed by atoms with Gasteiger partial charge in [0.25, 0.3) is 0 Å². The Labute approximate surface area is 78.6 Å². The molecule has 0 saturated carbocycles.